The van der Waals surface area contributed by atoms with Gasteiger partial charge in [-0.1, -0.05) is 35.9 Å². The Morgan fingerprint density at radius 1 is 1.18 bits per heavy atom. The van der Waals surface area contributed by atoms with Crippen LogP contribution in [0, 0.1) is 5.82 Å². The minimum absolute atomic E-state index is 0.00346. The average Bonchev–Trinajstić information content (AvgIpc) is 3.70. The molecular weight excluding hydrogens is 606 g/mol. The second kappa shape index (κ2) is 10.5. The summed E-state index contributed by atoms with van der Waals surface area (Å²) in [5.41, 5.74) is 0.908. The van der Waals surface area contributed by atoms with Gasteiger partial charge in [-0.3, -0.25) is 9.58 Å². The first-order chi connectivity index (χ1) is 21.6. The van der Waals surface area contributed by atoms with Crippen molar-refractivity contribution in [2.24, 2.45) is 7.05 Å². The maximum absolute atomic E-state index is 14.6. The van der Waals surface area contributed by atoms with E-state index in [1.165, 1.54) is 6.07 Å². The minimum Gasteiger partial charge on any atom is -0.461 e. The van der Waals surface area contributed by atoms with Gasteiger partial charge in [0.25, 0.3) is 0 Å². The summed E-state index contributed by atoms with van der Waals surface area (Å²) in [7, 11) is 1.80. The number of fused-ring (bicyclic) bond motifs is 5. The number of ether oxygens (including phenoxy) is 2. The largest absolute Gasteiger partial charge is 0.461 e. The quantitative estimate of drug-likeness (QED) is 0.276. The van der Waals surface area contributed by atoms with Gasteiger partial charge in [-0.2, -0.15) is 15.1 Å². The predicted molar refractivity (Wildman–Crippen MR) is 166 cm³/mol. The van der Waals surface area contributed by atoms with Crippen molar-refractivity contribution in [3.63, 3.8) is 0 Å². The second-order valence-electron chi connectivity index (χ2n) is 12.9. The number of hydrogen-bond acceptors (Lipinski definition) is 9. The highest BCUT2D eigenvalue weighted by Crippen LogP contribution is 2.44. The first-order valence-electron chi connectivity index (χ1n) is 15.2. The Morgan fingerprint density at radius 2 is 2.04 bits per heavy atom. The van der Waals surface area contributed by atoms with Crippen molar-refractivity contribution in [1.82, 2.24) is 24.6 Å². The maximum atomic E-state index is 14.6. The third-order valence-corrected chi connectivity index (χ3v) is 9.82. The maximum Gasteiger partial charge on any atom is 0.321 e. The number of benzene rings is 2. The van der Waals surface area contributed by atoms with E-state index >= 15 is 0 Å². The molecule has 3 fully saturated rings. The van der Waals surface area contributed by atoms with Gasteiger partial charge in [0.05, 0.1) is 30.3 Å². The zero-order chi connectivity index (χ0) is 31.1. The molecule has 3 atom stereocenters. The normalized spacial score (nSPS) is 25.9. The number of alkyl halides is 1. The van der Waals surface area contributed by atoms with E-state index in [0.29, 0.717) is 65.1 Å². The van der Waals surface area contributed by atoms with Crippen LogP contribution in [-0.2, 0) is 11.8 Å². The van der Waals surface area contributed by atoms with Crippen LogP contribution in [0.25, 0.3) is 44.2 Å². The lowest BCUT2D eigenvalue weighted by atomic mass is 9.95. The fourth-order valence-corrected chi connectivity index (χ4v) is 7.75. The van der Waals surface area contributed by atoms with E-state index in [1.807, 2.05) is 23.1 Å². The minimum atomic E-state index is -1.14. The van der Waals surface area contributed by atoms with Crippen LogP contribution in [0.2, 0.25) is 5.02 Å². The van der Waals surface area contributed by atoms with E-state index in [0.717, 1.165) is 24.8 Å². The van der Waals surface area contributed by atoms with Crippen LogP contribution in [0.5, 0.6) is 6.01 Å². The zero-order valence-electron chi connectivity index (χ0n) is 25.0. The molecule has 3 saturated heterocycles. The fourth-order valence-electron chi connectivity index (χ4n) is 7.47. The molecule has 13 heteroatoms. The molecule has 0 saturated carbocycles. The number of nitrogens with zero attached hydrogens (tertiary/aromatic N) is 6. The van der Waals surface area contributed by atoms with Gasteiger partial charge in [-0.05, 0) is 37.8 Å². The molecule has 5 aromatic rings. The van der Waals surface area contributed by atoms with Crippen LogP contribution >= 0.6 is 11.6 Å². The fraction of sp³-hybridized carbons (Fsp3) is 0.469. The molecule has 6 heterocycles. The number of halogens is 3. The Hall–Kier alpha value is -3.58. The molecule has 45 heavy (non-hydrogen) atoms. The Labute approximate surface area is 262 Å². The Kier molecular flexibility index (Phi) is 6.72. The SMILES string of the molecule is Cn1nc(-c2cccc3ccc(F)c(Cl)c23)c2oc3nc(OC[C@@]45CCCN4C[C@H](F)C5)nc(N4CCOC[C@@](C)(O)C4)c3c21. The van der Waals surface area contributed by atoms with Crippen molar-refractivity contribution in [3.05, 3.63) is 41.2 Å². The lowest BCUT2D eigenvalue weighted by Crippen LogP contribution is -2.43. The number of aryl methyl sites for hydroxylation is 1. The van der Waals surface area contributed by atoms with E-state index in [9.17, 15) is 13.9 Å². The molecule has 1 N–H and O–H groups in total. The molecule has 0 spiro atoms. The Bertz CT molecular complexity index is 1960. The van der Waals surface area contributed by atoms with Crippen LogP contribution in [-0.4, -0.2) is 93.1 Å². The number of aromatic nitrogens is 4. The van der Waals surface area contributed by atoms with E-state index in [-0.39, 0.29) is 42.0 Å². The summed E-state index contributed by atoms with van der Waals surface area (Å²) in [6.07, 6.45) is 1.38. The Balaban J connectivity index is 1.30. The summed E-state index contributed by atoms with van der Waals surface area (Å²) in [6, 6.07) is 8.69. The second-order valence-corrected chi connectivity index (χ2v) is 13.2. The molecule has 2 aromatic carbocycles. The number of hydrogen-bond donors (Lipinski definition) is 1. The number of aliphatic hydroxyl groups is 1. The van der Waals surface area contributed by atoms with Crippen LogP contribution < -0.4 is 9.64 Å². The standard InChI is InChI=1S/C32H33ClF2N6O4/c1-31(42)15-40(11-12-43-16-31)28-23-26-27(25(38-39(26)2)20-6-3-5-18-7-8-21(35)24(33)22(18)20)45-29(23)37-30(36-28)44-17-32-9-4-10-41(32)14-19(34)13-32/h3,5-8,19,42H,4,9-17H2,1-2H3/t19-,31+,32+/m1/s1. The van der Waals surface area contributed by atoms with Gasteiger partial charge in [0.1, 0.15) is 46.6 Å². The first kappa shape index (κ1) is 28.9. The topological polar surface area (TPSA) is 102 Å². The van der Waals surface area contributed by atoms with Gasteiger partial charge in [-0.15, -0.1) is 0 Å². The lowest BCUT2D eigenvalue weighted by molar-refractivity contribution is -0.0123. The highest BCUT2D eigenvalue weighted by Gasteiger charge is 2.49. The third-order valence-electron chi connectivity index (χ3n) is 9.45. The molecule has 3 aromatic heterocycles. The summed E-state index contributed by atoms with van der Waals surface area (Å²) in [5, 5.41) is 17.7. The summed E-state index contributed by atoms with van der Waals surface area (Å²) < 4.78 is 49.2. The van der Waals surface area contributed by atoms with Gasteiger partial charge in [0.15, 0.2) is 5.58 Å². The lowest BCUT2D eigenvalue weighted by Gasteiger charge is -2.31. The van der Waals surface area contributed by atoms with E-state index in [2.05, 4.69) is 4.90 Å². The van der Waals surface area contributed by atoms with Crippen molar-refractivity contribution in [3.8, 4) is 17.3 Å². The van der Waals surface area contributed by atoms with E-state index < -0.39 is 17.6 Å². The average molecular weight is 639 g/mol. The predicted octanol–water partition coefficient (Wildman–Crippen LogP) is 5.27. The van der Waals surface area contributed by atoms with Gasteiger partial charge in [0.2, 0.25) is 5.71 Å². The molecule has 10 nitrogen and oxygen atoms in total. The molecule has 3 aliphatic heterocycles. The molecule has 0 unspecified atom stereocenters. The summed E-state index contributed by atoms with van der Waals surface area (Å²) in [4.78, 5) is 13.7. The molecular formula is C32H33ClF2N6O4. The molecule has 0 aliphatic carbocycles. The molecule has 3 aliphatic rings. The summed E-state index contributed by atoms with van der Waals surface area (Å²) in [6.45, 7) is 4.50. The highest BCUT2D eigenvalue weighted by atomic mass is 35.5. The van der Waals surface area contributed by atoms with Gasteiger partial charge in [0, 0.05) is 37.5 Å². The zero-order valence-corrected chi connectivity index (χ0v) is 25.8. The smallest absolute Gasteiger partial charge is 0.321 e. The number of anilines is 1. The summed E-state index contributed by atoms with van der Waals surface area (Å²) >= 11 is 6.49. The van der Waals surface area contributed by atoms with Gasteiger partial charge >= 0.3 is 6.01 Å². The highest BCUT2D eigenvalue weighted by molar-refractivity contribution is 6.37. The number of β-amino-alcohol motifs (C(OH)–C–C–N with tert-alkyl or cyclic N) is 1. The number of rotatable bonds is 5. The monoisotopic (exact) mass is 638 g/mol. The van der Waals surface area contributed by atoms with Gasteiger partial charge < -0.3 is 23.9 Å². The molecule has 236 valence electrons. The van der Waals surface area contributed by atoms with Crippen molar-refractivity contribution in [1.29, 1.82) is 0 Å². The molecule has 0 radical (unpaired) electrons. The molecule has 0 bridgehead atoms. The van der Waals surface area contributed by atoms with E-state index in [1.54, 1.807) is 24.7 Å². The third kappa shape index (κ3) is 4.72. The van der Waals surface area contributed by atoms with Crippen LogP contribution in [0.3, 0.4) is 0 Å². The molecule has 8 rings (SSSR count). The first-order valence-corrected chi connectivity index (χ1v) is 15.6. The molecule has 0 amide bonds. The summed E-state index contributed by atoms with van der Waals surface area (Å²) in [5.74, 6) is -0.0212. The van der Waals surface area contributed by atoms with Gasteiger partial charge in [-0.25, -0.2) is 8.78 Å². The number of furan rings is 1. The van der Waals surface area contributed by atoms with Crippen molar-refractivity contribution >= 4 is 50.4 Å². The van der Waals surface area contributed by atoms with Crippen LogP contribution in [0.1, 0.15) is 26.2 Å². The van der Waals surface area contributed by atoms with Crippen molar-refractivity contribution in [2.45, 2.75) is 43.5 Å². The van der Waals surface area contributed by atoms with Crippen molar-refractivity contribution in [2.75, 3.05) is 50.9 Å². The van der Waals surface area contributed by atoms with E-state index in [4.69, 9.17) is 40.6 Å². The van der Waals surface area contributed by atoms with Crippen molar-refractivity contribution < 1.29 is 27.8 Å². The van der Waals surface area contributed by atoms with Crippen LogP contribution in [0.15, 0.2) is 34.7 Å². The van der Waals surface area contributed by atoms with Crippen LogP contribution in [0.4, 0.5) is 14.6 Å². The Morgan fingerprint density at radius 3 is 2.91 bits per heavy atom.